The van der Waals surface area contributed by atoms with Gasteiger partial charge in [-0.15, -0.1) is 0 Å². The number of hydrogen-bond acceptors (Lipinski definition) is 3. The maximum absolute atomic E-state index is 12.0. The molecule has 1 aliphatic heterocycles. The Morgan fingerprint density at radius 2 is 1.94 bits per heavy atom. The van der Waals surface area contributed by atoms with Crippen LogP contribution < -0.4 is 0 Å². The predicted octanol–water partition coefficient (Wildman–Crippen LogP) is 0.886. The summed E-state index contributed by atoms with van der Waals surface area (Å²) in [5, 5.41) is 0.263. The highest BCUT2D eigenvalue weighted by atomic mass is 32.1. The van der Waals surface area contributed by atoms with Crippen LogP contribution in [-0.4, -0.2) is 40.3 Å². The Bertz CT molecular complexity index is 458. The van der Waals surface area contributed by atoms with Gasteiger partial charge in [0.25, 0.3) is 11.8 Å². The van der Waals surface area contributed by atoms with Crippen molar-refractivity contribution in [1.29, 1.82) is 0 Å². The summed E-state index contributed by atoms with van der Waals surface area (Å²) < 4.78 is 0. The van der Waals surface area contributed by atoms with Gasteiger partial charge >= 0.3 is 0 Å². The van der Waals surface area contributed by atoms with Crippen molar-refractivity contribution in [3.63, 3.8) is 0 Å². The van der Waals surface area contributed by atoms with Crippen molar-refractivity contribution >= 4 is 29.1 Å². The molecule has 5 heteroatoms. The van der Waals surface area contributed by atoms with Gasteiger partial charge in [0, 0.05) is 12.6 Å². The van der Waals surface area contributed by atoms with Crippen molar-refractivity contribution in [1.82, 2.24) is 9.80 Å². The third-order valence-corrected chi connectivity index (χ3v) is 2.86. The van der Waals surface area contributed by atoms with Crippen molar-refractivity contribution < 1.29 is 9.59 Å². The second kappa shape index (κ2) is 4.02. The Labute approximate surface area is 98.5 Å². The summed E-state index contributed by atoms with van der Waals surface area (Å²) in [6, 6.07) is 8.64. The molecule has 0 spiro atoms. The highest BCUT2D eigenvalue weighted by Gasteiger charge is 2.35. The molecular weight excluding hydrogens is 224 g/mol. The van der Waals surface area contributed by atoms with Gasteiger partial charge < -0.3 is 4.90 Å². The molecule has 0 radical (unpaired) electrons. The summed E-state index contributed by atoms with van der Waals surface area (Å²) in [7, 11) is 1.69. The summed E-state index contributed by atoms with van der Waals surface area (Å²) in [5.41, 5.74) is 0.466. The van der Waals surface area contributed by atoms with Crippen LogP contribution in [0, 0.1) is 0 Å². The first-order valence-electron chi connectivity index (χ1n) is 4.78. The second-order valence-corrected chi connectivity index (χ2v) is 3.90. The molecule has 0 atom stereocenters. The van der Waals surface area contributed by atoms with Crippen molar-refractivity contribution in [2.45, 2.75) is 0 Å². The van der Waals surface area contributed by atoms with Crippen LogP contribution in [0.15, 0.2) is 30.3 Å². The minimum atomic E-state index is -0.361. The van der Waals surface area contributed by atoms with Gasteiger partial charge in [0.05, 0.1) is 6.54 Å². The zero-order chi connectivity index (χ0) is 11.7. The lowest BCUT2D eigenvalue weighted by molar-refractivity contribution is -0.123. The van der Waals surface area contributed by atoms with Crippen molar-refractivity contribution in [2.24, 2.45) is 0 Å². The Morgan fingerprint density at radius 1 is 1.31 bits per heavy atom. The average Bonchev–Trinajstić information content (AvgIpc) is 2.54. The zero-order valence-electron chi connectivity index (χ0n) is 8.71. The number of benzene rings is 1. The molecule has 1 aliphatic rings. The minimum Gasteiger partial charge on any atom is -0.342 e. The van der Waals surface area contributed by atoms with E-state index in [1.54, 1.807) is 36.2 Å². The molecule has 0 aromatic heterocycles. The first kappa shape index (κ1) is 10.8. The highest BCUT2D eigenvalue weighted by molar-refractivity contribution is 7.80. The standard InChI is InChI=1S/C11H10N2O2S/c1-12-7-9(14)13(11(12)16)10(15)8-5-3-2-4-6-8/h2-6H,7H2,1H3. The third-order valence-electron chi connectivity index (χ3n) is 2.36. The molecule has 4 nitrogen and oxygen atoms in total. The monoisotopic (exact) mass is 234 g/mol. The van der Waals surface area contributed by atoms with Crippen LogP contribution in [0.2, 0.25) is 0 Å². The fourth-order valence-corrected chi connectivity index (χ4v) is 1.78. The summed E-state index contributed by atoms with van der Waals surface area (Å²) in [6.45, 7) is 0.164. The fourth-order valence-electron chi connectivity index (χ4n) is 1.53. The SMILES string of the molecule is CN1CC(=O)N(C(=O)c2ccccc2)C1=S. The number of carbonyl (C=O) groups excluding carboxylic acids is 2. The molecule has 1 saturated heterocycles. The van der Waals surface area contributed by atoms with Crippen LogP contribution in [0.3, 0.4) is 0 Å². The Morgan fingerprint density at radius 3 is 2.44 bits per heavy atom. The van der Waals surface area contributed by atoms with Crippen LogP contribution in [0.4, 0.5) is 0 Å². The summed E-state index contributed by atoms with van der Waals surface area (Å²) >= 11 is 5.03. The van der Waals surface area contributed by atoms with Gasteiger partial charge in [-0.3, -0.25) is 9.59 Å². The largest absolute Gasteiger partial charge is 0.342 e. The van der Waals surface area contributed by atoms with Crippen molar-refractivity contribution in [2.75, 3.05) is 13.6 Å². The molecule has 2 amide bonds. The second-order valence-electron chi connectivity index (χ2n) is 3.54. The van der Waals surface area contributed by atoms with Crippen LogP contribution in [0.25, 0.3) is 0 Å². The van der Waals surface area contributed by atoms with Gasteiger partial charge in [-0.05, 0) is 24.4 Å². The molecule has 0 saturated carbocycles. The van der Waals surface area contributed by atoms with E-state index in [9.17, 15) is 9.59 Å². The fraction of sp³-hybridized carbons (Fsp3) is 0.182. The normalized spacial score (nSPS) is 15.8. The molecule has 1 aromatic rings. The van der Waals surface area contributed by atoms with E-state index in [1.165, 1.54) is 0 Å². The number of imide groups is 1. The van der Waals surface area contributed by atoms with E-state index in [0.29, 0.717) is 5.56 Å². The third kappa shape index (κ3) is 1.69. The molecule has 0 bridgehead atoms. The Hall–Kier alpha value is -1.75. The molecular formula is C11H10N2O2S. The van der Waals surface area contributed by atoms with Crippen molar-refractivity contribution in [3.05, 3.63) is 35.9 Å². The zero-order valence-corrected chi connectivity index (χ0v) is 9.53. The smallest absolute Gasteiger partial charge is 0.266 e. The number of carbonyl (C=O) groups is 2. The van der Waals surface area contributed by atoms with Gasteiger partial charge in [0.1, 0.15) is 0 Å². The minimum absolute atomic E-state index is 0.164. The molecule has 82 valence electrons. The lowest BCUT2D eigenvalue weighted by Gasteiger charge is -2.15. The predicted molar refractivity (Wildman–Crippen MR) is 62.8 cm³/mol. The number of hydrogen-bond donors (Lipinski definition) is 0. The molecule has 0 N–H and O–H groups in total. The molecule has 0 aliphatic carbocycles. The summed E-state index contributed by atoms with van der Waals surface area (Å²) in [6.07, 6.45) is 0. The van der Waals surface area contributed by atoms with Crippen LogP contribution >= 0.6 is 12.2 Å². The van der Waals surface area contributed by atoms with Gasteiger partial charge in [0.15, 0.2) is 5.11 Å². The lowest BCUT2D eigenvalue weighted by Crippen LogP contribution is -2.37. The van der Waals surface area contributed by atoms with E-state index in [0.717, 1.165) is 4.90 Å². The average molecular weight is 234 g/mol. The molecule has 0 unspecified atom stereocenters. The van der Waals surface area contributed by atoms with Gasteiger partial charge in [0.2, 0.25) is 0 Å². The maximum atomic E-state index is 12.0. The van der Waals surface area contributed by atoms with Gasteiger partial charge in [-0.1, -0.05) is 18.2 Å². The highest BCUT2D eigenvalue weighted by Crippen LogP contribution is 2.13. The first-order chi connectivity index (χ1) is 7.61. The topological polar surface area (TPSA) is 40.6 Å². The summed E-state index contributed by atoms with van der Waals surface area (Å²) in [5.74, 6) is -0.638. The van der Waals surface area contributed by atoms with Crippen LogP contribution in [-0.2, 0) is 4.79 Å². The van der Waals surface area contributed by atoms with E-state index >= 15 is 0 Å². The van der Waals surface area contributed by atoms with Crippen molar-refractivity contribution in [3.8, 4) is 0 Å². The van der Waals surface area contributed by atoms with Crippen LogP contribution in [0.5, 0.6) is 0 Å². The first-order valence-corrected chi connectivity index (χ1v) is 5.19. The van der Waals surface area contributed by atoms with E-state index < -0.39 is 0 Å². The molecule has 1 aromatic carbocycles. The number of likely N-dealkylation sites (N-methyl/N-ethyl adjacent to an activating group) is 1. The maximum Gasteiger partial charge on any atom is 0.266 e. The molecule has 1 heterocycles. The van der Waals surface area contributed by atoms with E-state index in [2.05, 4.69) is 0 Å². The van der Waals surface area contributed by atoms with Gasteiger partial charge in [-0.25, -0.2) is 4.90 Å². The quantitative estimate of drug-likeness (QED) is 0.534. The lowest BCUT2D eigenvalue weighted by atomic mass is 10.2. The number of rotatable bonds is 1. The van der Waals surface area contributed by atoms with Gasteiger partial charge in [-0.2, -0.15) is 0 Å². The number of thiocarbonyl (C=S) groups is 1. The van der Waals surface area contributed by atoms with E-state index in [4.69, 9.17) is 12.2 Å². The molecule has 2 rings (SSSR count). The number of nitrogens with zero attached hydrogens (tertiary/aromatic N) is 2. The van der Waals surface area contributed by atoms with E-state index in [1.807, 2.05) is 6.07 Å². The summed E-state index contributed by atoms with van der Waals surface area (Å²) in [4.78, 5) is 26.2. The van der Waals surface area contributed by atoms with Crippen LogP contribution in [0.1, 0.15) is 10.4 Å². The Kier molecular flexibility index (Phi) is 2.70. The number of amides is 2. The molecule has 16 heavy (non-hydrogen) atoms. The Balaban J connectivity index is 2.30. The molecule has 1 fully saturated rings. The van der Waals surface area contributed by atoms with E-state index in [-0.39, 0.29) is 23.5 Å².